The average Bonchev–Trinajstić information content (AvgIpc) is 0.746. The molecule has 102 heavy (non-hydrogen) atoms. The number of carbonyl (C=O) groups is 1. The van der Waals surface area contributed by atoms with Crippen molar-refractivity contribution in [2.24, 2.45) is 50.2 Å². The first-order valence-electron chi connectivity index (χ1n) is 35.9. The van der Waals surface area contributed by atoms with Gasteiger partial charge >= 0.3 is 5.97 Å². The molecule has 34 heteroatoms. The number of esters is 1. The van der Waals surface area contributed by atoms with E-state index in [4.69, 9.17) is 66.3 Å². The topological polar surface area (TPSA) is 531 Å². The third-order valence-electron chi connectivity index (χ3n) is 26.3. The van der Waals surface area contributed by atoms with Crippen molar-refractivity contribution in [2.75, 3.05) is 46.2 Å². The molecule has 0 spiro atoms. The van der Waals surface area contributed by atoms with Crippen LogP contribution < -0.4 is 0 Å². The summed E-state index contributed by atoms with van der Waals surface area (Å²) < 4.78 is 83.9. The van der Waals surface area contributed by atoms with Gasteiger partial charge in [-0.1, -0.05) is 53.2 Å². The van der Waals surface area contributed by atoms with Crippen LogP contribution in [0.25, 0.3) is 0 Å². The van der Waals surface area contributed by atoms with Gasteiger partial charge in [0.25, 0.3) is 0 Å². The van der Waals surface area contributed by atoms with Gasteiger partial charge < -0.3 is 163 Å². The normalized spacial score (nSPS) is 55.6. The molecule has 586 valence electrons. The van der Waals surface area contributed by atoms with Gasteiger partial charge in [0.15, 0.2) is 43.8 Å². The van der Waals surface area contributed by atoms with Crippen LogP contribution in [0.5, 0.6) is 0 Å². The Hall–Kier alpha value is -2.07. The van der Waals surface area contributed by atoms with Crippen LogP contribution in [0.2, 0.25) is 0 Å². The van der Waals surface area contributed by atoms with Crippen LogP contribution in [0.3, 0.4) is 0 Å². The fourth-order valence-electron chi connectivity index (χ4n) is 19.9. The highest BCUT2D eigenvalue weighted by molar-refractivity contribution is 5.79. The minimum absolute atomic E-state index is 0.120. The maximum Gasteiger partial charge on any atom is 0.315 e. The van der Waals surface area contributed by atoms with Gasteiger partial charge in [-0.05, 0) is 111 Å². The monoisotopic (exact) mass is 1470 g/mol. The first-order valence-corrected chi connectivity index (χ1v) is 35.9. The molecule has 0 aromatic rings. The van der Waals surface area contributed by atoms with Crippen LogP contribution >= 0.6 is 0 Å². The van der Waals surface area contributed by atoms with E-state index >= 15 is 4.79 Å². The van der Waals surface area contributed by atoms with E-state index in [0.29, 0.717) is 51.4 Å². The molecule has 19 N–H and O–H groups in total. The van der Waals surface area contributed by atoms with Crippen LogP contribution in [0.15, 0.2) is 11.6 Å². The predicted molar refractivity (Wildman–Crippen MR) is 337 cm³/mol. The smallest absolute Gasteiger partial charge is 0.315 e. The number of aliphatic hydroxyl groups is 19. The molecule has 0 bridgehead atoms. The molecule has 12 aliphatic rings. The van der Waals surface area contributed by atoms with Crippen molar-refractivity contribution < 1.29 is 168 Å². The standard InChI is InChI=1S/C68H110O34/c1-26-37(76)41(80)43(82)56(93-26)97-48-33(75)22-90-55(44(48)83)96-47-27(2)94-57(46(85)50(47)99-60-52(86)68(88,24-71)25-92-60)100-51-39(78)32(74)21-91-59(51)102-61(87)67-15-13-62(3,4)17-29(67)28-9-10-36-63(5)18-30(72)53(64(6,23-70)35(63)11-12-66(36,8)65(28,7)14-16-67)101-58-45(84)49(40(79)34(19-69)95-58)98-54-42(81)38(77)31(73)20-89-54/h9,26-27,29-60,69-86,88H,10-25H2,1-8H3/t26-,27-,29+,30?,31+,32-,33+,34+,35-,36-,37-,38+,39+,40+,41-,42-,43-,44-,45-,46-,47-,48+,49+,50+,51-,52-,53?,54-,55-,56-,57-,58-,59-,60-,63-,64+,65+,66+,67-,68+/m1/s1. The van der Waals surface area contributed by atoms with Gasteiger partial charge in [-0.25, -0.2) is 0 Å². The molecule has 0 amide bonds. The summed E-state index contributed by atoms with van der Waals surface area (Å²) in [5, 5.41) is 211. The number of allylic oxidation sites excluding steroid dienone is 2. The summed E-state index contributed by atoms with van der Waals surface area (Å²) in [4.78, 5) is 15.7. The molecule has 5 aliphatic carbocycles. The van der Waals surface area contributed by atoms with Gasteiger partial charge in [-0.3, -0.25) is 4.79 Å². The Kier molecular flexibility index (Phi) is 23.1. The van der Waals surface area contributed by atoms with Gasteiger partial charge in [0.05, 0.1) is 76.1 Å². The molecule has 40 atom stereocenters. The molecule has 4 saturated carbocycles. The van der Waals surface area contributed by atoms with Crippen molar-refractivity contribution >= 4 is 5.97 Å². The largest absolute Gasteiger partial charge is 0.432 e. The van der Waals surface area contributed by atoms with E-state index in [-0.39, 0.29) is 23.7 Å². The number of fused-ring (bicyclic) bond motifs is 7. The van der Waals surface area contributed by atoms with Crippen LogP contribution in [0.1, 0.15) is 113 Å². The molecule has 0 aromatic carbocycles. The second-order valence-electron chi connectivity index (χ2n) is 33.0. The average molecular weight is 1470 g/mol. The van der Waals surface area contributed by atoms with Gasteiger partial charge in [-0.2, -0.15) is 0 Å². The molecule has 0 aromatic heterocycles. The van der Waals surface area contributed by atoms with Gasteiger partial charge in [0.2, 0.25) is 6.29 Å². The SMILES string of the molecule is C[C@H]1O[C@H](O[C@@H]2[C@@H](O)[C@@H](O[C@H]3[C@@H](O[C@H]4OC[C@@](O)(CO)[C@@H]4O)[C@@H](O)[C@@H](O[C@H]4[C@@H](OC(=O)[C@@]56CCC(C)(C)C[C@H]5C5=CC[C@@H]7[C@]8(C)CC(O)C(O[C@H]9O[C@@H](CO)[C@H](O)[C@H](O[C@H]%10OC[C@H](O)[C@H](O)[C@H]%10O)[C@H]9O)[C@@](C)(CO)[C@@H]8CC[C@]7(C)[C@@]5(C)CC6)OC[C@@H](O)[C@@H]4O)O[C@@H]3C)OC[C@@H]2O)[C@H](O)[C@H](O)[C@@H]1O. The minimum Gasteiger partial charge on any atom is -0.432 e. The van der Waals surface area contributed by atoms with E-state index in [2.05, 4.69) is 40.7 Å². The fraction of sp³-hybridized carbons (Fsp3) is 0.956. The summed E-state index contributed by atoms with van der Waals surface area (Å²) in [6.07, 6.45) is -45.0. The van der Waals surface area contributed by atoms with E-state index in [9.17, 15) is 97.0 Å². The van der Waals surface area contributed by atoms with Gasteiger partial charge in [-0.15, -0.1) is 0 Å². The first-order chi connectivity index (χ1) is 47.9. The molecular weight excluding hydrogens is 1360 g/mol. The van der Waals surface area contributed by atoms with Gasteiger partial charge in [0, 0.05) is 5.41 Å². The molecule has 12 rings (SSSR count). The number of aliphatic hydroxyl groups excluding tert-OH is 18. The van der Waals surface area contributed by atoms with Crippen molar-refractivity contribution in [1.29, 1.82) is 0 Å². The number of hydrogen-bond acceptors (Lipinski definition) is 34. The second kappa shape index (κ2) is 29.6. The quantitative estimate of drug-likeness (QED) is 0.0366. The van der Waals surface area contributed by atoms with E-state index in [1.54, 1.807) is 0 Å². The molecule has 34 nitrogen and oxygen atoms in total. The van der Waals surface area contributed by atoms with E-state index in [0.717, 1.165) is 5.57 Å². The van der Waals surface area contributed by atoms with E-state index < -0.39 is 281 Å². The third kappa shape index (κ3) is 13.5. The van der Waals surface area contributed by atoms with Crippen molar-refractivity contribution in [3.05, 3.63) is 11.6 Å². The summed E-state index contributed by atoms with van der Waals surface area (Å²) in [6.45, 7) is 11.2. The molecule has 2 unspecified atom stereocenters. The van der Waals surface area contributed by atoms with Crippen molar-refractivity contribution in [2.45, 2.75) is 309 Å². The molecule has 0 radical (unpaired) electrons. The summed E-state index contributed by atoms with van der Waals surface area (Å²) in [5.74, 6) is -1.50. The van der Waals surface area contributed by atoms with Crippen LogP contribution in [-0.2, 0) is 71.1 Å². The Balaban J connectivity index is 0.771. The Morgan fingerprint density at radius 3 is 1.72 bits per heavy atom. The lowest BCUT2D eigenvalue weighted by Gasteiger charge is -2.72. The number of rotatable bonds is 17. The Bertz CT molecular complexity index is 2920. The van der Waals surface area contributed by atoms with Gasteiger partial charge in [0.1, 0.15) is 122 Å². The molecule has 11 fully saturated rings. The van der Waals surface area contributed by atoms with E-state index in [1.807, 2.05) is 6.92 Å². The molecule has 7 saturated heterocycles. The van der Waals surface area contributed by atoms with Crippen LogP contribution in [0, 0.1) is 50.2 Å². The lowest BCUT2D eigenvalue weighted by atomic mass is 9.33. The third-order valence-corrected chi connectivity index (χ3v) is 26.3. The van der Waals surface area contributed by atoms with Crippen molar-refractivity contribution in [1.82, 2.24) is 0 Å². The number of hydrogen-bond donors (Lipinski definition) is 19. The Morgan fingerprint density at radius 2 is 1.05 bits per heavy atom. The zero-order valence-electron chi connectivity index (χ0n) is 58.6. The molecule has 7 aliphatic heterocycles. The summed E-state index contributed by atoms with van der Waals surface area (Å²) in [6, 6.07) is 0. The zero-order chi connectivity index (χ0) is 74.2. The Morgan fingerprint density at radius 1 is 0.490 bits per heavy atom. The number of ether oxygens (including phenoxy) is 14. The fourth-order valence-corrected chi connectivity index (χ4v) is 19.9. The zero-order valence-corrected chi connectivity index (χ0v) is 58.6. The lowest BCUT2D eigenvalue weighted by Crippen LogP contribution is -2.70. The lowest BCUT2D eigenvalue weighted by molar-refractivity contribution is -0.387. The van der Waals surface area contributed by atoms with Crippen molar-refractivity contribution in [3.63, 3.8) is 0 Å². The van der Waals surface area contributed by atoms with Crippen LogP contribution in [0.4, 0.5) is 0 Å². The predicted octanol–water partition coefficient (Wildman–Crippen LogP) is -6.01. The summed E-state index contributed by atoms with van der Waals surface area (Å²) in [5.41, 5.74) is -5.54. The summed E-state index contributed by atoms with van der Waals surface area (Å²) in [7, 11) is 0. The summed E-state index contributed by atoms with van der Waals surface area (Å²) >= 11 is 0. The van der Waals surface area contributed by atoms with E-state index in [1.165, 1.54) is 13.8 Å². The van der Waals surface area contributed by atoms with Crippen molar-refractivity contribution in [3.8, 4) is 0 Å². The number of carbonyl (C=O) groups excluding carboxylic acids is 1. The first kappa shape index (κ1) is 79.5. The highest BCUT2D eigenvalue weighted by Crippen LogP contribution is 2.76. The maximum absolute atomic E-state index is 15.7. The highest BCUT2D eigenvalue weighted by atomic mass is 16.8. The van der Waals surface area contributed by atoms with Crippen LogP contribution in [-0.4, -0.2) is 345 Å². The molecular formula is C68H110O34. The highest BCUT2D eigenvalue weighted by Gasteiger charge is 2.72. The molecule has 7 heterocycles. The maximum atomic E-state index is 15.7. The minimum atomic E-state index is -2.24. The Labute approximate surface area is 589 Å². The second-order valence-corrected chi connectivity index (χ2v) is 33.0.